The molecule has 4 nitrogen and oxygen atoms in total. The molecule has 1 heterocycles. The summed E-state index contributed by atoms with van der Waals surface area (Å²) in [7, 11) is 0. The summed E-state index contributed by atoms with van der Waals surface area (Å²) in [6.45, 7) is 2.18. The van der Waals surface area contributed by atoms with E-state index in [1.165, 1.54) is 0 Å². The fourth-order valence-electron chi connectivity index (χ4n) is 2.23. The summed E-state index contributed by atoms with van der Waals surface area (Å²) in [6, 6.07) is 16.4. The van der Waals surface area contributed by atoms with E-state index in [1.54, 1.807) is 59.5 Å². The van der Waals surface area contributed by atoms with Gasteiger partial charge in [0, 0.05) is 16.0 Å². The highest BCUT2D eigenvalue weighted by Crippen LogP contribution is 2.24. The zero-order chi connectivity index (χ0) is 18.4. The Morgan fingerprint density at radius 2 is 1.92 bits per heavy atom. The third kappa shape index (κ3) is 4.94. The smallest absolute Gasteiger partial charge is 0.338 e. The van der Waals surface area contributed by atoms with Gasteiger partial charge in [0.25, 0.3) is 0 Å². The Balaban J connectivity index is 1.52. The zero-order valence-corrected chi connectivity index (χ0v) is 15.8. The summed E-state index contributed by atoms with van der Waals surface area (Å²) < 4.78 is 5.32. The van der Waals surface area contributed by atoms with Crippen molar-refractivity contribution in [1.82, 2.24) is 4.98 Å². The average Bonchev–Trinajstić information content (AvgIpc) is 3.10. The van der Waals surface area contributed by atoms with Gasteiger partial charge >= 0.3 is 5.97 Å². The lowest BCUT2D eigenvalue weighted by Crippen LogP contribution is -2.05. The van der Waals surface area contributed by atoms with Crippen LogP contribution in [0.5, 0.6) is 0 Å². The molecule has 0 N–H and O–H groups in total. The summed E-state index contributed by atoms with van der Waals surface area (Å²) >= 11 is 3.34. The predicted molar refractivity (Wildman–Crippen MR) is 103 cm³/mol. The fraction of sp³-hybridized carbons (Fsp3) is 0.150. The minimum absolute atomic E-state index is 0.185. The van der Waals surface area contributed by atoms with Crippen molar-refractivity contribution in [3.63, 3.8) is 0 Å². The maximum absolute atomic E-state index is 12.1. The fourth-order valence-corrected chi connectivity index (χ4v) is 3.74. The van der Waals surface area contributed by atoms with Gasteiger partial charge in [-0.15, -0.1) is 23.1 Å². The molecule has 0 aliphatic rings. The third-order valence-electron chi connectivity index (χ3n) is 3.60. The van der Waals surface area contributed by atoms with E-state index in [2.05, 4.69) is 16.4 Å². The lowest BCUT2D eigenvalue weighted by atomic mass is 10.1. The highest BCUT2D eigenvalue weighted by molar-refractivity contribution is 7.98. The van der Waals surface area contributed by atoms with E-state index in [4.69, 9.17) is 10.00 Å². The Bertz CT molecular complexity index is 926. The number of ether oxygens (including phenoxy) is 1. The molecule has 0 spiro atoms. The summed E-state index contributed by atoms with van der Waals surface area (Å²) in [6.07, 6.45) is 0. The van der Waals surface area contributed by atoms with Crippen molar-refractivity contribution in [2.75, 3.05) is 0 Å². The molecule has 0 atom stereocenters. The summed E-state index contributed by atoms with van der Waals surface area (Å²) in [5.41, 5.74) is 3.03. The maximum Gasteiger partial charge on any atom is 0.338 e. The van der Waals surface area contributed by atoms with Crippen molar-refractivity contribution >= 4 is 29.1 Å². The van der Waals surface area contributed by atoms with Crippen LogP contribution in [0.15, 0.2) is 58.8 Å². The predicted octanol–water partition coefficient (Wildman–Crippen LogP) is 4.97. The number of hydrogen-bond donors (Lipinski definition) is 0. The van der Waals surface area contributed by atoms with E-state index < -0.39 is 0 Å². The topological polar surface area (TPSA) is 63.0 Å². The van der Waals surface area contributed by atoms with E-state index in [9.17, 15) is 4.79 Å². The number of carbonyl (C=O) groups is 1. The van der Waals surface area contributed by atoms with Gasteiger partial charge in [0.05, 0.1) is 27.9 Å². The molecule has 130 valence electrons. The molecule has 2 aromatic carbocycles. The normalized spacial score (nSPS) is 10.3. The van der Waals surface area contributed by atoms with Crippen LogP contribution >= 0.6 is 23.1 Å². The Kier molecular flexibility index (Phi) is 6.05. The van der Waals surface area contributed by atoms with Crippen LogP contribution in [0.2, 0.25) is 0 Å². The van der Waals surface area contributed by atoms with Crippen LogP contribution < -0.4 is 0 Å². The van der Waals surface area contributed by atoms with E-state index in [0.717, 1.165) is 26.9 Å². The first-order chi connectivity index (χ1) is 12.6. The van der Waals surface area contributed by atoms with Crippen LogP contribution in [0, 0.1) is 18.3 Å². The minimum Gasteiger partial charge on any atom is -0.457 e. The molecule has 3 aromatic rings. The molecule has 0 radical (unpaired) electrons. The van der Waals surface area contributed by atoms with Crippen molar-refractivity contribution in [3.8, 4) is 6.07 Å². The molecule has 0 bridgehead atoms. The standard InChI is InChI=1S/C20H16N2O2S2/c1-14-22-18(12-25-14)13-26-19-8-6-17(7-9-19)20(23)24-11-16-4-2-15(10-21)3-5-16/h2-9,12H,11,13H2,1H3. The zero-order valence-electron chi connectivity index (χ0n) is 14.1. The molecule has 0 saturated heterocycles. The van der Waals surface area contributed by atoms with Gasteiger partial charge in [0.1, 0.15) is 6.61 Å². The Labute approximate surface area is 160 Å². The summed E-state index contributed by atoms with van der Waals surface area (Å²) in [5, 5.41) is 11.9. The number of thiazole rings is 1. The Morgan fingerprint density at radius 3 is 2.54 bits per heavy atom. The highest BCUT2D eigenvalue weighted by Gasteiger charge is 2.08. The van der Waals surface area contributed by atoms with Crippen LogP contribution in [-0.4, -0.2) is 11.0 Å². The number of thioether (sulfide) groups is 1. The lowest BCUT2D eigenvalue weighted by molar-refractivity contribution is 0.0472. The lowest BCUT2D eigenvalue weighted by Gasteiger charge is -2.06. The van der Waals surface area contributed by atoms with Crippen molar-refractivity contribution in [1.29, 1.82) is 5.26 Å². The van der Waals surface area contributed by atoms with Crippen molar-refractivity contribution < 1.29 is 9.53 Å². The molecule has 6 heteroatoms. The largest absolute Gasteiger partial charge is 0.457 e. The van der Waals surface area contributed by atoms with Crippen molar-refractivity contribution in [2.45, 2.75) is 24.2 Å². The third-order valence-corrected chi connectivity index (χ3v) is 5.46. The first-order valence-electron chi connectivity index (χ1n) is 7.94. The number of hydrogen-bond acceptors (Lipinski definition) is 6. The number of aromatic nitrogens is 1. The van der Waals surface area contributed by atoms with Gasteiger partial charge in [-0.25, -0.2) is 9.78 Å². The number of carbonyl (C=O) groups excluding carboxylic acids is 1. The van der Waals surface area contributed by atoms with Gasteiger partial charge < -0.3 is 4.74 Å². The van der Waals surface area contributed by atoms with Crippen molar-refractivity contribution in [3.05, 3.63) is 81.3 Å². The summed E-state index contributed by atoms with van der Waals surface area (Å²) in [5.74, 6) is 0.452. The van der Waals surface area contributed by atoms with Crippen LogP contribution in [0.4, 0.5) is 0 Å². The van der Waals surface area contributed by atoms with Crippen LogP contribution in [0.3, 0.4) is 0 Å². The first kappa shape index (κ1) is 18.2. The molecular formula is C20H16N2O2S2. The number of nitrogens with zero attached hydrogens (tertiary/aromatic N) is 2. The number of benzene rings is 2. The monoisotopic (exact) mass is 380 g/mol. The SMILES string of the molecule is Cc1nc(CSc2ccc(C(=O)OCc3ccc(C#N)cc3)cc2)cs1. The van der Waals surface area contributed by atoms with Gasteiger partial charge in [-0.3, -0.25) is 0 Å². The summed E-state index contributed by atoms with van der Waals surface area (Å²) in [4.78, 5) is 17.7. The number of esters is 1. The van der Waals surface area contributed by atoms with Crippen LogP contribution in [0.1, 0.15) is 32.2 Å². The van der Waals surface area contributed by atoms with Gasteiger partial charge in [-0.1, -0.05) is 12.1 Å². The van der Waals surface area contributed by atoms with Crippen molar-refractivity contribution in [2.24, 2.45) is 0 Å². The van der Waals surface area contributed by atoms with E-state index in [-0.39, 0.29) is 12.6 Å². The molecular weight excluding hydrogens is 364 g/mol. The highest BCUT2D eigenvalue weighted by atomic mass is 32.2. The molecule has 0 unspecified atom stereocenters. The second-order valence-electron chi connectivity index (χ2n) is 5.56. The molecule has 0 aliphatic heterocycles. The quantitative estimate of drug-likeness (QED) is 0.446. The number of rotatable bonds is 6. The molecule has 3 rings (SSSR count). The molecule has 0 saturated carbocycles. The van der Waals surface area contributed by atoms with Gasteiger partial charge in [0.15, 0.2) is 0 Å². The van der Waals surface area contributed by atoms with Gasteiger partial charge in [-0.05, 0) is 48.9 Å². The number of nitriles is 1. The molecule has 0 fully saturated rings. The van der Waals surface area contributed by atoms with Gasteiger partial charge in [0.2, 0.25) is 0 Å². The molecule has 0 aliphatic carbocycles. The van der Waals surface area contributed by atoms with Crippen LogP contribution in [-0.2, 0) is 17.1 Å². The minimum atomic E-state index is -0.360. The van der Waals surface area contributed by atoms with E-state index >= 15 is 0 Å². The molecule has 1 aromatic heterocycles. The van der Waals surface area contributed by atoms with E-state index in [0.29, 0.717) is 11.1 Å². The molecule has 0 amide bonds. The van der Waals surface area contributed by atoms with Gasteiger partial charge in [-0.2, -0.15) is 5.26 Å². The van der Waals surface area contributed by atoms with E-state index in [1.807, 2.05) is 19.1 Å². The second-order valence-corrected chi connectivity index (χ2v) is 7.67. The van der Waals surface area contributed by atoms with Crippen LogP contribution in [0.25, 0.3) is 0 Å². The average molecular weight is 380 g/mol. The molecule has 26 heavy (non-hydrogen) atoms. The Hall–Kier alpha value is -2.62. The Morgan fingerprint density at radius 1 is 1.19 bits per heavy atom. The maximum atomic E-state index is 12.1. The second kappa shape index (κ2) is 8.65. The first-order valence-corrected chi connectivity index (χ1v) is 9.80. The number of aryl methyl sites for hydroxylation is 1.